The van der Waals surface area contributed by atoms with E-state index < -0.39 is 11.4 Å². The van der Waals surface area contributed by atoms with Crippen molar-refractivity contribution in [1.82, 2.24) is 9.97 Å². The first-order valence-electron chi connectivity index (χ1n) is 8.32. The second-order valence-corrected chi connectivity index (χ2v) is 7.28. The molecule has 1 aliphatic carbocycles. The molecular formula is C16H25N5O3. The van der Waals surface area contributed by atoms with Crippen LogP contribution in [0, 0.1) is 5.41 Å². The zero-order valence-electron chi connectivity index (χ0n) is 14.0. The smallest absolute Gasteiger partial charge is 0.271 e. The summed E-state index contributed by atoms with van der Waals surface area (Å²) in [5.74, 6) is 0.261. The molecule has 1 aliphatic heterocycles. The molecule has 1 spiro atoms. The highest BCUT2D eigenvalue weighted by Crippen LogP contribution is 2.53. The van der Waals surface area contributed by atoms with Gasteiger partial charge in [0.1, 0.15) is 5.82 Å². The topological polar surface area (TPSA) is 125 Å². The van der Waals surface area contributed by atoms with Gasteiger partial charge in [-0.15, -0.1) is 0 Å². The second kappa shape index (κ2) is 6.18. The second-order valence-electron chi connectivity index (χ2n) is 7.28. The first kappa shape index (κ1) is 16.9. The predicted octanol–water partition coefficient (Wildman–Crippen LogP) is 0.111. The van der Waals surface area contributed by atoms with Crippen LogP contribution in [0.15, 0.2) is 6.20 Å². The lowest BCUT2D eigenvalue weighted by atomic mass is 9.93. The van der Waals surface area contributed by atoms with Gasteiger partial charge in [-0.2, -0.15) is 0 Å². The molecule has 0 radical (unpaired) electrons. The normalized spacial score (nSPS) is 19.4. The van der Waals surface area contributed by atoms with E-state index in [0.29, 0.717) is 17.1 Å². The molecule has 8 heteroatoms. The molecular weight excluding hydrogens is 310 g/mol. The lowest BCUT2D eigenvalue weighted by Gasteiger charge is -2.34. The molecule has 132 valence electrons. The lowest BCUT2D eigenvalue weighted by Crippen LogP contribution is -2.43. The molecule has 1 saturated carbocycles. The van der Waals surface area contributed by atoms with E-state index in [4.69, 9.17) is 5.73 Å². The fourth-order valence-corrected chi connectivity index (χ4v) is 3.14. The number of nitrogens with zero attached hydrogens (tertiary/aromatic N) is 3. The Kier molecular flexibility index (Phi) is 4.35. The molecule has 0 atom stereocenters. The van der Waals surface area contributed by atoms with Crippen molar-refractivity contribution in [3.05, 3.63) is 11.9 Å². The van der Waals surface area contributed by atoms with Gasteiger partial charge in [-0.1, -0.05) is 0 Å². The maximum absolute atomic E-state index is 11.7. The molecule has 2 aliphatic rings. The van der Waals surface area contributed by atoms with Gasteiger partial charge in [-0.25, -0.2) is 9.97 Å². The average Bonchev–Trinajstić information content (AvgIpc) is 3.34. The number of carbonyl (C=O) groups is 1. The van der Waals surface area contributed by atoms with Crippen LogP contribution in [-0.4, -0.2) is 57.9 Å². The van der Waals surface area contributed by atoms with Crippen molar-refractivity contribution in [3.63, 3.8) is 0 Å². The summed E-state index contributed by atoms with van der Waals surface area (Å²) in [4.78, 5) is 22.4. The van der Waals surface area contributed by atoms with Gasteiger partial charge >= 0.3 is 0 Å². The molecule has 0 bridgehead atoms. The van der Waals surface area contributed by atoms with Gasteiger partial charge in [-0.05, 0) is 38.0 Å². The molecule has 8 nitrogen and oxygen atoms in total. The third-order valence-electron chi connectivity index (χ3n) is 5.20. The van der Waals surface area contributed by atoms with Crippen LogP contribution < -0.4 is 16.0 Å². The van der Waals surface area contributed by atoms with E-state index in [-0.39, 0.29) is 18.9 Å². The van der Waals surface area contributed by atoms with Crippen molar-refractivity contribution < 1.29 is 15.0 Å². The predicted molar refractivity (Wildman–Crippen MR) is 89.9 cm³/mol. The van der Waals surface area contributed by atoms with Crippen LogP contribution in [0.5, 0.6) is 0 Å². The highest BCUT2D eigenvalue weighted by Gasteiger charge is 2.45. The number of carbonyl (C=O) groups excluding carboxylic acids is 1. The van der Waals surface area contributed by atoms with Gasteiger partial charge < -0.3 is 26.2 Å². The zero-order valence-corrected chi connectivity index (χ0v) is 14.0. The Morgan fingerprint density at radius 2 is 1.96 bits per heavy atom. The number of aliphatic hydroxyl groups is 2. The number of piperidine rings is 1. The SMILES string of the molecule is CC(CO)(CO)Nc1cnc(C(N)=O)c(N2CCC3(CC2)CC3)n1. The fraction of sp³-hybridized carbons (Fsp3) is 0.688. The Hall–Kier alpha value is -1.93. The third kappa shape index (κ3) is 3.29. The van der Waals surface area contributed by atoms with Crippen LogP contribution in [-0.2, 0) is 0 Å². The summed E-state index contributed by atoms with van der Waals surface area (Å²) in [6.07, 6.45) is 6.18. The van der Waals surface area contributed by atoms with E-state index in [0.717, 1.165) is 25.9 Å². The van der Waals surface area contributed by atoms with Crippen LogP contribution in [0.3, 0.4) is 0 Å². The minimum Gasteiger partial charge on any atom is -0.394 e. The Morgan fingerprint density at radius 3 is 2.46 bits per heavy atom. The summed E-state index contributed by atoms with van der Waals surface area (Å²) >= 11 is 0. The first-order chi connectivity index (χ1) is 11.4. The molecule has 0 aromatic carbocycles. The van der Waals surface area contributed by atoms with Gasteiger partial charge in [0.15, 0.2) is 11.5 Å². The van der Waals surface area contributed by atoms with Crippen molar-refractivity contribution in [3.8, 4) is 0 Å². The monoisotopic (exact) mass is 335 g/mol. The zero-order chi connectivity index (χ0) is 17.4. The number of aromatic nitrogens is 2. The number of aliphatic hydroxyl groups excluding tert-OH is 2. The Bertz CT molecular complexity index is 618. The van der Waals surface area contributed by atoms with E-state index in [9.17, 15) is 15.0 Å². The largest absolute Gasteiger partial charge is 0.394 e. The Labute approximate surface area is 141 Å². The summed E-state index contributed by atoms with van der Waals surface area (Å²) in [5.41, 5.74) is 5.20. The van der Waals surface area contributed by atoms with Crippen LogP contribution in [0.2, 0.25) is 0 Å². The molecule has 24 heavy (non-hydrogen) atoms. The molecule has 1 amide bonds. The molecule has 3 rings (SSSR count). The van der Waals surface area contributed by atoms with E-state index in [1.165, 1.54) is 19.0 Å². The van der Waals surface area contributed by atoms with Crippen LogP contribution in [0.4, 0.5) is 11.6 Å². The van der Waals surface area contributed by atoms with Gasteiger partial charge in [-0.3, -0.25) is 4.79 Å². The maximum atomic E-state index is 11.7. The van der Waals surface area contributed by atoms with Crippen LogP contribution in [0.25, 0.3) is 0 Å². The Balaban J connectivity index is 1.85. The highest BCUT2D eigenvalue weighted by molar-refractivity contribution is 5.95. The van der Waals surface area contributed by atoms with Crippen molar-refractivity contribution in [1.29, 1.82) is 0 Å². The van der Waals surface area contributed by atoms with Crippen molar-refractivity contribution in [2.45, 2.75) is 38.1 Å². The molecule has 1 aromatic rings. The van der Waals surface area contributed by atoms with E-state index >= 15 is 0 Å². The van der Waals surface area contributed by atoms with Crippen molar-refractivity contribution >= 4 is 17.5 Å². The number of nitrogens with one attached hydrogen (secondary N) is 1. The number of amides is 1. The standard InChI is InChI=1S/C16H25N5O3/c1-15(9-22,10-23)20-11-8-18-12(13(17)24)14(19-11)21-6-4-16(2-3-16)5-7-21/h8,22-23H,2-7,9-10H2,1H3,(H2,17,24)(H,19,20). The average molecular weight is 335 g/mol. The number of rotatable bonds is 6. The third-order valence-corrected chi connectivity index (χ3v) is 5.20. The van der Waals surface area contributed by atoms with Crippen LogP contribution in [0.1, 0.15) is 43.1 Å². The molecule has 0 unspecified atom stereocenters. The van der Waals surface area contributed by atoms with Crippen LogP contribution >= 0.6 is 0 Å². The summed E-state index contributed by atoms with van der Waals surface area (Å²) in [7, 11) is 0. The fourth-order valence-electron chi connectivity index (χ4n) is 3.14. The minimum absolute atomic E-state index is 0.155. The molecule has 2 fully saturated rings. The van der Waals surface area contributed by atoms with Gasteiger partial charge in [0.2, 0.25) is 0 Å². The number of anilines is 2. The van der Waals surface area contributed by atoms with Gasteiger partial charge in [0.25, 0.3) is 5.91 Å². The molecule has 1 aromatic heterocycles. The summed E-state index contributed by atoms with van der Waals surface area (Å²) in [5, 5.41) is 21.8. The molecule has 1 saturated heterocycles. The lowest BCUT2D eigenvalue weighted by molar-refractivity contribution is 0.0995. The summed E-state index contributed by atoms with van der Waals surface area (Å²) in [6.45, 7) is 2.81. The number of hydrogen-bond donors (Lipinski definition) is 4. The van der Waals surface area contributed by atoms with Crippen molar-refractivity contribution in [2.24, 2.45) is 11.1 Å². The van der Waals surface area contributed by atoms with Crippen molar-refractivity contribution in [2.75, 3.05) is 36.5 Å². The maximum Gasteiger partial charge on any atom is 0.271 e. The van der Waals surface area contributed by atoms with E-state index in [1.807, 2.05) is 0 Å². The minimum atomic E-state index is -0.917. The summed E-state index contributed by atoms with van der Waals surface area (Å²) in [6, 6.07) is 0. The van der Waals surface area contributed by atoms with Gasteiger partial charge in [0.05, 0.1) is 24.9 Å². The quantitative estimate of drug-likeness (QED) is 0.581. The highest BCUT2D eigenvalue weighted by atomic mass is 16.3. The summed E-state index contributed by atoms with van der Waals surface area (Å²) < 4.78 is 0. The van der Waals surface area contributed by atoms with E-state index in [2.05, 4.69) is 20.2 Å². The Morgan fingerprint density at radius 1 is 1.33 bits per heavy atom. The van der Waals surface area contributed by atoms with Gasteiger partial charge in [0, 0.05) is 13.1 Å². The van der Waals surface area contributed by atoms with E-state index in [1.54, 1.807) is 6.92 Å². The number of nitrogens with two attached hydrogens (primary N) is 1. The molecule has 2 heterocycles. The first-order valence-corrected chi connectivity index (χ1v) is 8.32. The molecule has 5 N–H and O–H groups in total. The number of primary amides is 1. The number of hydrogen-bond acceptors (Lipinski definition) is 7.